The van der Waals surface area contributed by atoms with Crippen molar-refractivity contribution in [2.75, 3.05) is 13.1 Å². The van der Waals surface area contributed by atoms with Gasteiger partial charge < -0.3 is 10.1 Å². The molecule has 3 rings (SSSR count). The molecule has 0 aromatic heterocycles. The molecule has 0 radical (unpaired) electrons. The SMILES string of the molecule is Cl.Clc1cccc2c1COC1CNCC21. The van der Waals surface area contributed by atoms with Crippen molar-refractivity contribution in [3.63, 3.8) is 0 Å². The van der Waals surface area contributed by atoms with Crippen molar-refractivity contribution in [1.82, 2.24) is 5.32 Å². The molecule has 1 aromatic carbocycles. The molecule has 2 atom stereocenters. The summed E-state index contributed by atoms with van der Waals surface area (Å²) in [5, 5.41) is 4.20. The van der Waals surface area contributed by atoms with E-state index in [4.69, 9.17) is 16.3 Å². The molecular formula is C11H13Cl2NO. The Hall–Kier alpha value is -0.280. The van der Waals surface area contributed by atoms with Crippen LogP contribution in [0.15, 0.2) is 18.2 Å². The first-order valence-electron chi connectivity index (χ1n) is 4.96. The van der Waals surface area contributed by atoms with Gasteiger partial charge in [0.1, 0.15) is 0 Å². The number of ether oxygens (including phenoxy) is 1. The van der Waals surface area contributed by atoms with Gasteiger partial charge in [0.05, 0.1) is 12.7 Å². The topological polar surface area (TPSA) is 21.3 Å². The molecule has 0 bridgehead atoms. The molecule has 2 aliphatic rings. The zero-order chi connectivity index (χ0) is 9.54. The Bertz CT molecular complexity index is 370. The first-order chi connectivity index (χ1) is 6.86. The number of halogens is 2. The zero-order valence-corrected chi connectivity index (χ0v) is 9.77. The molecular weight excluding hydrogens is 233 g/mol. The van der Waals surface area contributed by atoms with Gasteiger partial charge in [0.25, 0.3) is 0 Å². The fraction of sp³-hybridized carbons (Fsp3) is 0.455. The number of hydrogen-bond acceptors (Lipinski definition) is 2. The van der Waals surface area contributed by atoms with Gasteiger partial charge in [-0.25, -0.2) is 0 Å². The van der Waals surface area contributed by atoms with Crippen molar-refractivity contribution < 1.29 is 4.74 Å². The maximum Gasteiger partial charge on any atom is 0.0784 e. The molecule has 2 nitrogen and oxygen atoms in total. The van der Waals surface area contributed by atoms with Gasteiger partial charge in [0.2, 0.25) is 0 Å². The Morgan fingerprint density at radius 3 is 3.07 bits per heavy atom. The minimum Gasteiger partial charge on any atom is -0.371 e. The molecule has 1 aromatic rings. The van der Waals surface area contributed by atoms with E-state index in [1.165, 1.54) is 11.1 Å². The van der Waals surface area contributed by atoms with E-state index < -0.39 is 0 Å². The molecule has 0 saturated carbocycles. The highest BCUT2D eigenvalue weighted by Gasteiger charge is 2.34. The van der Waals surface area contributed by atoms with E-state index in [1.807, 2.05) is 12.1 Å². The summed E-state index contributed by atoms with van der Waals surface area (Å²) < 4.78 is 5.76. The van der Waals surface area contributed by atoms with Crippen LogP contribution in [0.4, 0.5) is 0 Å². The van der Waals surface area contributed by atoms with Crippen molar-refractivity contribution in [1.29, 1.82) is 0 Å². The number of hydrogen-bond donors (Lipinski definition) is 1. The monoisotopic (exact) mass is 245 g/mol. The average Bonchev–Trinajstić information content (AvgIpc) is 2.66. The lowest BCUT2D eigenvalue weighted by Gasteiger charge is -2.28. The van der Waals surface area contributed by atoms with Crippen LogP contribution in [0.25, 0.3) is 0 Å². The fourth-order valence-corrected chi connectivity index (χ4v) is 2.64. The summed E-state index contributed by atoms with van der Waals surface area (Å²) in [7, 11) is 0. The van der Waals surface area contributed by atoms with Gasteiger partial charge in [-0.2, -0.15) is 0 Å². The second kappa shape index (κ2) is 4.30. The molecule has 2 unspecified atom stereocenters. The Kier molecular flexibility index (Phi) is 3.21. The summed E-state index contributed by atoms with van der Waals surface area (Å²) in [5.74, 6) is 0.498. The predicted octanol–water partition coefficient (Wildman–Crippen LogP) is 2.35. The molecule has 0 amide bonds. The van der Waals surface area contributed by atoms with Crippen molar-refractivity contribution in [3.8, 4) is 0 Å². The molecule has 82 valence electrons. The van der Waals surface area contributed by atoms with Gasteiger partial charge in [-0.15, -0.1) is 12.4 Å². The molecule has 4 heteroatoms. The van der Waals surface area contributed by atoms with E-state index in [0.29, 0.717) is 18.6 Å². The lowest BCUT2D eigenvalue weighted by Crippen LogP contribution is -2.26. The molecule has 1 saturated heterocycles. The van der Waals surface area contributed by atoms with Crippen molar-refractivity contribution in [3.05, 3.63) is 34.3 Å². The molecule has 1 fully saturated rings. The Morgan fingerprint density at radius 2 is 2.20 bits per heavy atom. The van der Waals surface area contributed by atoms with Crippen LogP contribution in [0.1, 0.15) is 17.0 Å². The predicted molar refractivity (Wildman–Crippen MR) is 62.9 cm³/mol. The maximum atomic E-state index is 6.13. The average molecular weight is 246 g/mol. The second-order valence-corrected chi connectivity index (χ2v) is 4.33. The molecule has 2 heterocycles. The van der Waals surface area contributed by atoms with E-state index in [0.717, 1.165) is 18.1 Å². The maximum absolute atomic E-state index is 6.13. The van der Waals surface area contributed by atoms with Crippen molar-refractivity contribution >= 4 is 24.0 Å². The Balaban J connectivity index is 0.000000853. The van der Waals surface area contributed by atoms with Crippen LogP contribution in [0.3, 0.4) is 0 Å². The number of fused-ring (bicyclic) bond motifs is 3. The normalized spacial score (nSPS) is 27.8. The minimum atomic E-state index is 0. The van der Waals surface area contributed by atoms with Gasteiger partial charge in [0, 0.05) is 24.0 Å². The first-order valence-corrected chi connectivity index (χ1v) is 5.33. The van der Waals surface area contributed by atoms with E-state index in [2.05, 4.69) is 11.4 Å². The van der Waals surface area contributed by atoms with E-state index in [9.17, 15) is 0 Å². The van der Waals surface area contributed by atoms with E-state index in [1.54, 1.807) is 0 Å². The van der Waals surface area contributed by atoms with Gasteiger partial charge in [-0.1, -0.05) is 23.7 Å². The van der Waals surface area contributed by atoms with Gasteiger partial charge in [-0.05, 0) is 17.2 Å². The van der Waals surface area contributed by atoms with Crippen LogP contribution < -0.4 is 5.32 Å². The summed E-state index contributed by atoms with van der Waals surface area (Å²) in [5.41, 5.74) is 2.55. The summed E-state index contributed by atoms with van der Waals surface area (Å²) in [6.07, 6.45) is 0.348. The van der Waals surface area contributed by atoms with E-state index in [-0.39, 0.29) is 12.4 Å². The Morgan fingerprint density at radius 1 is 1.33 bits per heavy atom. The van der Waals surface area contributed by atoms with Crippen LogP contribution in [0.5, 0.6) is 0 Å². The summed E-state index contributed by atoms with van der Waals surface area (Å²) in [6.45, 7) is 2.65. The molecule has 0 aliphatic carbocycles. The third kappa shape index (κ3) is 1.76. The minimum absolute atomic E-state index is 0. The highest BCUT2D eigenvalue weighted by atomic mass is 35.5. The lowest BCUT2D eigenvalue weighted by molar-refractivity contribution is 0.0300. The molecule has 0 spiro atoms. The fourth-order valence-electron chi connectivity index (χ4n) is 2.41. The summed E-state index contributed by atoms with van der Waals surface area (Å²) >= 11 is 6.13. The quantitative estimate of drug-likeness (QED) is 0.758. The highest BCUT2D eigenvalue weighted by Crippen LogP contribution is 2.36. The molecule has 2 aliphatic heterocycles. The number of nitrogens with one attached hydrogen (secondary N) is 1. The van der Waals surface area contributed by atoms with Crippen LogP contribution in [0.2, 0.25) is 5.02 Å². The standard InChI is InChI=1S/C11H12ClNO.ClH/c12-10-3-1-2-7-8-4-13-5-11(8)14-6-9(7)10;/h1-3,8,11,13H,4-6H2;1H. The van der Waals surface area contributed by atoms with Gasteiger partial charge in [-0.3, -0.25) is 0 Å². The largest absolute Gasteiger partial charge is 0.371 e. The highest BCUT2D eigenvalue weighted by molar-refractivity contribution is 6.31. The first kappa shape index (κ1) is 11.2. The van der Waals surface area contributed by atoms with Crippen molar-refractivity contribution in [2.24, 2.45) is 0 Å². The number of benzene rings is 1. The van der Waals surface area contributed by atoms with Crippen LogP contribution >= 0.6 is 24.0 Å². The van der Waals surface area contributed by atoms with Crippen LogP contribution in [0, 0.1) is 0 Å². The third-order valence-corrected chi connectivity index (χ3v) is 3.51. The lowest BCUT2D eigenvalue weighted by atomic mass is 9.90. The van der Waals surface area contributed by atoms with Crippen molar-refractivity contribution in [2.45, 2.75) is 18.6 Å². The zero-order valence-electron chi connectivity index (χ0n) is 8.20. The Labute approximate surface area is 100 Å². The third-order valence-electron chi connectivity index (χ3n) is 3.15. The van der Waals surface area contributed by atoms with Crippen LogP contribution in [-0.2, 0) is 11.3 Å². The summed E-state index contributed by atoms with van der Waals surface area (Å²) in [4.78, 5) is 0. The number of rotatable bonds is 0. The molecule has 1 N–H and O–H groups in total. The smallest absolute Gasteiger partial charge is 0.0784 e. The second-order valence-electron chi connectivity index (χ2n) is 3.92. The van der Waals surface area contributed by atoms with Crippen LogP contribution in [-0.4, -0.2) is 19.2 Å². The van der Waals surface area contributed by atoms with Gasteiger partial charge >= 0.3 is 0 Å². The molecule has 15 heavy (non-hydrogen) atoms. The van der Waals surface area contributed by atoms with Gasteiger partial charge in [0.15, 0.2) is 0 Å². The summed E-state index contributed by atoms with van der Waals surface area (Å²) in [6, 6.07) is 6.14. The van der Waals surface area contributed by atoms with E-state index >= 15 is 0 Å².